The largest absolute Gasteiger partial charge is 0.303 e. The van der Waals surface area contributed by atoms with Gasteiger partial charge in [-0.15, -0.1) is 0 Å². The number of nitrogens with zero attached hydrogens (tertiary/aromatic N) is 4. The molecule has 4 heteroatoms. The minimum Gasteiger partial charge on any atom is -0.303 e. The van der Waals surface area contributed by atoms with Gasteiger partial charge in [-0.25, -0.2) is 0 Å². The van der Waals surface area contributed by atoms with E-state index >= 15 is 0 Å². The molecule has 4 rings (SSSR count). The molecule has 0 aromatic carbocycles. The third kappa shape index (κ3) is 20.4. The molecule has 0 aliphatic carbocycles. The van der Waals surface area contributed by atoms with E-state index in [0.717, 1.165) is 23.7 Å². The van der Waals surface area contributed by atoms with Crippen molar-refractivity contribution in [3.63, 3.8) is 0 Å². The molecule has 4 saturated heterocycles. The first-order valence-corrected chi connectivity index (χ1v) is 16.5. The first-order chi connectivity index (χ1) is 17.7. The third-order valence-electron chi connectivity index (χ3n) is 7.54. The van der Waals surface area contributed by atoms with Crippen molar-refractivity contribution in [3.8, 4) is 0 Å². The fraction of sp³-hybridized carbons (Fsp3) is 1.00. The summed E-state index contributed by atoms with van der Waals surface area (Å²) in [4.78, 5) is 10.2. The summed E-state index contributed by atoms with van der Waals surface area (Å²) in [6.07, 6.45) is 12.9. The van der Waals surface area contributed by atoms with E-state index in [1.54, 1.807) is 0 Å². The minimum atomic E-state index is 0.845. The maximum atomic E-state index is 2.59. The molecule has 0 spiro atoms. The number of hydrogen-bond donors (Lipinski definition) is 0. The highest BCUT2D eigenvalue weighted by Crippen LogP contribution is 2.12. The number of rotatable bonds is 8. The van der Waals surface area contributed by atoms with Crippen LogP contribution in [0.2, 0.25) is 0 Å². The molecule has 4 nitrogen and oxygen atoms in total. The van der Waals surface area contributed by atoms with Crippen LogP contribution < -0.4 is 0 Å². The summed E-state index contributed by atoms with van der Waals surface area (Å²) in [5.74, 6) is 3.40. The Balaban J connectivity index is 0.000000248. The second-order valence-corrected chi connectivity index (χ2v) is 14.0. The van der Waals surface area contributed by atoms with E-state index in [2.05, 4.69) is 75.0 Å². The Morgan fingerprint density at radius 2 is 0.486 bits per heavy atom. The van der Waals surface area contributed by atoms with E-state index in [1.165, 1.54) is 136 Å². The van der Waals surface area contributed by atoms with Crippen molar-refractivity contribution < 1.29 is 0 Å². The van der Waals surface area contributed by atoms with Gasteiger partial charge >= 0.3 is 0 Å². The third-order valence-corrected chi connectivity index (χ3v) is 7.54. The summed E-state index contributed by atoms with van der Waals surface area (Å²) >= 11 is 0. The SMILES string of the molecule is CC(C)CN1CCC1.CC(C)CN1CCCC1.CC(C)CN1CCCCC1.CC(C)CN1CCCCC1. The maximum absolute atomic E-state index is 2.59. The van der Waals surface area contributed by atoms with Crippen molar-refractivity contribution in [2.75, 3.05) is 78.5 Å². The normalized spacial score (nSPS) is 21.7. The van der Waals surface area contributed by atoms with Gasteiger partial charge in [0.2, 0.25) is 0 Å². The van der Waals surface area contributed by atoms with Crippen LogP contribution in [0.4, 0.5) is 0 Å². The highest BCUT2D eigenvalue weighted by molar-refractivity contribution is 4.69. The second-order valence-electron chi connectivity index (χ2n) is 14.0. The molecule has 0 saturated carbocycles. The molecule has 222 valence electrons. The van der Waals surface area contributed by atoms with Crippen LogP contribution >= 0.6 is 0 Å². The van der Waals surface area contributed by atoms with Crippen LogP contribution in [0.5, 0.6) is 0 Å². The Kier molecular flexibility index (Phi) is 20.4. The van der Waals surface area contributed by atoms with Crippen molar-refractivity contribution in [1.82, 2.24) is 19.6 Å². The number of piperidine rings is 2. The van der Waals surface area contributed by atoms with Crippen molar-refractivity contribution in [2.24, 2.45) is 23.7 Å². The van der Waals surface area contributed by atoms with Gasteiger partial charge in [0.15, 0.2) is 0 Å². The highest BCUT2D eigenvalue weighted by atomic mass is 15.2. The van der Waals surface area contributed by atoms with E-state index < -0.39 is 0 Å². The monoisotopic (exact) mass is 523 g/mol. The Hall–Kier alpha value is -0.160. The molecule has 37 heavy (non-hydrogen) atoms. The summed E-state index contributed by atoms with van der Waals surface area (Å²) in [7, 11) is 0. The average molecular weight is 523 g/mol. The summed E-state index contributed by atoms with van der Waals surface area (Å²) in [6.45, 7) is 34.3. The Morgan fingerprint density at radius 1 is 0.297 bits per heavy atom. The molecule has 0 radical (unpaired) electrons. The van der Waals surface area contributed by atoms with Crippen molar-refractivity contribution >= 4 is 0 Å². The average Bonchev–Trinajstić information content (AvgIpc) is 3.31. The minimum absolute atomic E-state index is 0.845. The van der Waals surface area contributed by atoms with E-state index in [0.29, 0.717) is 0 Å². The predicted octanol–water partition coefficient (Wildman–Crippen LogP) is 7.34. The Labute approximate surface area is 234 Å². The van der Waals surface area contributed by atoms with E-state index in [4.69, 9.17) is 0 Å². The molecule has 0 atom stereocenters. The van der Waals surface area contributed by atoms with Gasteiger partial charge in [0.1, 0.15) is 0 Å². The van der Waals surface area contributed by atoms with E-state index in [-0.39, 0.29) is 0 Å². The smallest absolute Gasteiger partial charge is 0.000440 e. The van der Waals surface area contributed by atoms with Gasteiger partial charge in [-0.1, -0.05) is 68.2 Å². The molecule has 4 fully saturated rings. The zero-order valence-electron chi connectivity index (χ0n) is 26.9. The molecule has 0 unspecified atom stereocenters. The Morgan fingerprint density at radius 3 is 0.649 bits per heavy atom. The molecular weight excluding hydrogens is 452 g/mol. The zero-order chi connectivity index (χ0) is 27.5. The molecule has 0 bridgehead atoms. The van der Waals surface area contributed by atoms with Gasteiger partial charge < -0.3 is 19.6 Å². The second kappa shape index (κ2) is 21.6. The van der Waals surface area contributed by atoms with Crippen LogP contribution in [0.1, 0.15) is 113 Å². The lowest BCUT2D eigenvalue weighted by Crippen LogP contribution is -2.39. The van der Waals surface area contributed by atoms with Crippen LogP contribution in [-0.4, -0.2) is 98.1 Å². The van der Waals surface area contributed by atoms with Crippen LogP contribution in [-0.2, 0) is 0 Å². The molecule has 0 aromatic heterocycles. The van der Waals surface area contributed by atoms with Gasteiger partial charge in [-0.3, -0.25) is 0 Å². The van der Waals surface area contributed by atoms with E-state index in [9.17, 15) is 0 Å². The maximum Gasteiger partial charge on any atom is 0.000440 e. The molecule has 4 aliphatic heterocycles. The number of likely N-dealkylation sites (tertiary alicyclic amines) is 4. The van der Waals surface area contributed by atoms with Gasteiger partial charge in [0.25, 0.3) is 0 Å². The molecule has 0 N–H and O–H groups in total. The topological polar surface area (TPSA) is 13.0 Å². The standard InChI is InChI=1S/2C9H19N.C8H17N.C7H15N/c2*1-9(2)8-10-6-4-3-5-7-10;1-8(2)7-9-5-3-4-6-9;1-7(2)6-8-4-3-5-8/h2*9H,3-8H2,1-2H3;8H,3-7H2,1-2H3;7H,3-6H2,1-2H3. The highest BCUT2D eigenvalue weighted by Gasteiger charge is 2.14. The fourth-order valence-corrected chi connectivity index (χ4v) is 5.88. The van der Waals surface area contributed by atoms with Crippen LogP contribution in [0, 0.1) is 23.7 Å². The first kappa shape index (κ1) is 34.9. The van der Waals surface area contributed by atoms with Crippen molar-refractivity contribution in [2.45, 2.75) is 113 Å². The van der Waals surface area contributed by atoms with Gasteiger partial charge in [-0.2, -0.15) is 0 Å². The molecule has 4 aliphatic rings. The van der Waals surface area contributed by atoms with Crippen molar-refractivity contribution in [3.05, 3.63) is 0 Å². The summed E-state index contributed by atoms with van der Waals surface area (Å²) in [5.41, 5.74) is 0. The van der Waals surface area contributed by atoms with Crippen molar-refractivity contribution in [1.29, 1.82) is 0 Å². The van der Waals surface area contributed by atoms with E-state index in [1.807, 2.05) is 0 Å². The molecular formula is C33H70N4. The number of hydrogen-bond acceptors (Lipinski definition) is 4. The quantitative estimate of drug-likeness (QED) is 0.330. The lowest BCUT2D eigenvalue weighted by molar-refractivity contribution is 0.161. The molecule has 0 amide bonds. The lowest BCUT2D eigenvalue weighted by Gasteiger charge is -2.31. The first-order valence-electron chi connectivity index (χ1n) is 16.5. The molecule has 4 heterocycles. The van der Waals surface area contributed by atoms with Gasteiger partial charge in [-0.05, 0) is 121 Å². The Bertz CT molecular complexity index is 459. The predicted molar refractivity (Wildman–Crippen MR) is 167 cm³/mol. The van der Waals surface area contributed by atoms with Crippen LogP contribution in [0.15, 0.2) is 0 Å². The lowest BCUT2D eigenvalue weighted by atomic mass is 10.1. The van der Waals surface area contributed by atoms with Gasteiger partial charge in [0.05, 0.1) is 0 Å². The van der Waals surface area contributed by atoms with Crippen LogP contribution in [0.3, 0.4) is 0 Å². The summed E-state index contributed by atoms with van der Waals surface area (Å²) in [6, 6.07) is 0. The van der Waals surface area contributed by atoms with Gasteiger partial charge in [0, 0.05) is 26.2 Å². The zero-order valence-corrected chi connectivity index (χ0v) is 26.9. The summed E-state index contributed by atoms with van der Waals surface area (Å²) in [5, 5.41) is 0. The molecule has 0 aromatic rings. The fourth-order valence-electron chi connectivity index (χ4n) is 5.88. The van der Waals surface area contributed by atoms with Crippen LogP contribution in [0.25, 0.3) is 0 Å². The summed E-state index contributed by atoms with van der Waals surface area (Å²) < 4.78 is 0.